The van der Waals surface area contributed by atoms with Gasteiger partial charge in [0.25, 0.3) is 0 Å². The van der Waals surface area contributed by atoms with Crippen LogP contribution in [-0.4, -0.2) is 20.4 Å². The van der Waals surface area contributed by atoms with E-state index >= 15 is 0 Å². The Bertz CT molecular complexity index is 653. The topological polar surface area (TPSA) is 71.1 Å². The van der Waals surface area contributed by atoms with Crippen molar-refractivity contribution in [2.75, 3.05) is 12.4 Å². The summed E-state index contributed by atoms with van der Waals surface area (Å²) in [4.78, 5) is 5.08. The maximum Gasteiger partial charge on any atom is 0.242 e. The number of thiophene rings is 1. The zero-order chi connectivity index (χ0) is 13.9. The molecule has 2 heterocycles. The third-order valence-electron chi connectivity index (χ3n) is 2.37. The van der Waals surface area contributed by atoms with Crippen molar-refractivity contribution in [3.63, 3.8) is 0 Å². The third kappa shape index (κ3) is 3.75. The van der Waals surface area contributed by atoms with Gasteiger partial charge in [0.05, 0.1) is 3.79 Å². The van der Waals surface area contributed by atoms with Crippen LogP contribution in [0.5, 0.6) is 0 Å². The highest BCUT2D eigenvalue weighted by molar-refractivity contribution is 9.11. The molecule has 2 aromatic heterocycles. The lowest BCUT2D eigenvalue weighted by Gasteiger charge is -2.06. The Balaban J connectivity index is 2.09. The van der Waals surface area contributed by atoms with E-state index in [-0.39, 0.29) is 11.4 Å². The minimum absolute atomic E-state index is 0.155. The predicted molar refractivity (Wildman–Crippen MR) is 79.8 cm³/mol. The maximum absolute atomic E-state index is 12.0. The Hall–Kier alpha value is -0.960. The van der Waals surface area contributed by atoms with Gasteiger partial charge in [-0.3, -0.25) is 0 Å². The molecule has 0 aromatic carbocycles. The van der Waals surface area contributed by atoms with Gasteiger partial charge in [-0.2, -0.15) is 0 Å². The van der Waals surface area contributed by atoms with E-state index in [2.05, 4.69) is 31.0 Å². The predicted octanol–water partition coefficient (Wildman–Crippen LogP) is 2.43. The standard InChI is InChI=1S/C11H12BrN3O2S2/c1-13-11-5-3-9(7-14-11)19(16,17)15-6-8-2-4-10(12)18-8/h2-5,7,15H,6H2,1H3,(H,13,14). The van der Waals surface area contributed by atoms with E-state index in [1.54, 1.807) is 13.1 Å². The Morgan fingerprint density at radius 1 is 1.32 bits per heavy atom. The van der Waals surface area contributed by atoms with Crippen molar-refractivity contribution >= 4 is 43.1 Å². The average Bonchev–Trinajstić information content (AvgIpc) is 2.82. The second kappa shape index (κ2) is 6.00. The molecule has 19 heavy (non-hydrogen) atoms. The number of nitrogens with zero attached hydrogens (tertiary/aromatic N) is 1. The molecule has 0 bridgehead atoms. The molecule has 2 aromatic rings. The Kier molecular flexibility index (Phi) is 4.56. The van der Waals surface area contributed by atoms with Crippen LogP contribution in [0.25, 0.3) is 0 Å². The maximum atomic E-state index is 12.0. The number of rotatable bonds is 5. The van der Waals surface area contributed by atoms with Crippen molar-refractivity contribution in [2.45, 2.75) is 11.4 Å². The fourth-order valence-corrected chi connectivity index (χ4v) is 3.85. The first-order valence-corrected chi connectivity index (χ1v) is 8.48. The molecule has 5 nitrogen and oxygen atoms in total. The second-order valence-corrected chi connectivity index (χ2v) is 7.97. The Labute approximate surface area is 124 Å². The first-order valence-electron chi connectivity index (χ1n) is 5.39. The van der Waals surface area contributed by atoms with Gasteiger partial charge in [-0.05, 0) is 40.2 Å². The summed E-state index contributed by atoms with van der Waals surface area (Å²) in [5.41, 5.74) is 0. The fourth-order valence-electron chi connectivity index (χ4n) is 1.38. The van der Waals surface area contributed by atoms with Gasteiger partial charge < -0.3 is 5.32 Å². The molecule has 0 amide bonds. The summed E-state index contributed by atoms with van der Waals surface area (Å²) in [6.07, 6.45) is 1.33. The van der Waals surface area contributed by atoms with Gasteiger partial charge in [-0.1, -0.05) is 0 Å². The van der Waals surface area contributed by atoms with Gasteiger partial charge in [0.15, 0.2) is 0 Å². The summed E-state index contributed by atoms with van der Waals surface area (Å²) in [5, 5.41) is 2.84. The molecule has 0 radical (unpaired) electrons. The van der Waals surface area contributed by atoms with Gasteiger partial charge in [0.1, 0.15) is 10.7 Å². The normalized spacial score (nSPS) is 11.5. The number of pyridine rings is 1. The van der Waals surface area contributed by atoms with Crippen LogP contribution in [0.2, 0.25) is 0 Å². The summed E-state index contributed by atoms with van der Waals surface area (Å²) < 4.78 is 27.6. The molecule has 0 saturated heterocycles. The van der Waals surface area contributed by atoms with Crippen LogP contribution < -0.4 is 10.0 Å². The minimum Gasteiger partial charge on any atom is -0.373 e. The van der Waals surface area contributed by atoms with E-state index in [0.717, 1.165) is 8.66 Å². The molecular weight excluding hydrogens is 350 g/mol. The van der Waals surface area contributed by atoms with Gasteiger partial charge in [-0.25, -0.2) is 18.1 Å². The Morgan fingerprint density at radius 3 is 2.63 bits per heavy atom. The van der Waals surface area contributed by atoms with E-state index < -0.39 is 10.0 Å². The number of aromatic nitrogens is 1. The molecule has 0 aliphatic carbocycles. The van der Waals surface area contributed by atoms with Gasteiger partial charge >= 0.3 is 0 Å². The summed E-state index contributed by atoms with van der Waals surface area (Å²) in [6.45, 7) is 0.270. The molecule has 2 N–H and O–H groups in total. The molecule has 0 aliphatic heterocycles. The number of hydrogen-bond donors (Lipinski definition) is 2. The van der Waals surface area contributed by atoms with Crippen LogP contribution in [-0.2, 0) is 16.6 Å². The summed E-state index contributed by atoms with van der Waals surface area (Å²) in [5.74, 6) is 0.626. The van der Waals surface area contributed by atoms with E-state index in [1.807, 2.05) is 12.1 Å². The zero-order valence-corrected chi connectivity index (χ0v) is 13.3. The van der Waals surface area contributed by atoms with E-state index in [4.69, 9.17) is 0 Å². The van der Waals surface area contributed by atoms with Crippen molar-refractivity contribution in [1.29, 1.82) is 0 Å². The molecule has 0 aliphatic rings. The van der Waals surface area contributed by atoms with E-state index in [0.29, 0.717) is 5.82 Å². The molecular formula is C11H12BrN3O2S2. The van der Waals surface area contributed by atoms with Crippen molar-refractivity contribution in [3.8, 4) is 0 Å². The highest BCUT2D eigenvalue weighted by atomic mass is 79.9. The molecule has 0 unspecified atom stereocenters. The Morgan fingerprint density at radius 2 is 2.11 bits per heavy atom. The number of hydrogen-bond acceptors (Lipinski definition) is 5. The minimum atomic E-state index is -3.52. The summed E-state index contributed by atoms with van der Waals surface area (Å²) in [6, 6.07) is 6.90. The molecule has 8 heteroatoms. The first-order chi connectivity index (χ1) is 9.01. The molecule has 0 spiro atoms. The van der Waals surface area contributed by atoms with Gasteiger partial charge in [0.2, 0.25) is 10.0 Å². The lowest BCUT2D eigenvalue weighted by atomic mass is 10.5. The molecule has 0 saturated carbocycles. The van der Waals surface area contributed by atoms with Crippen molar-refractivity contribution in [2.24, 2.45) is 0 Å². The smallest absolute Gasteiger partial charge is 0.242 e. The second-order valence-electron chi connectivity index (χ2n) is 3.66. The van der Waals surface area contributed by atoms with Crippen LogP contribution in [0.4, 0.5) is 5.82 Å². The largest absolute Gasteiger partial charge is 0.373 e. The number of halogens is 1. The third-order valence-corrected chi connectivity index (χ3v) is 5.38. The van der Waals surface area contributed by atoms with Crippen LogP contribution >= 0.6 is 27.3 Å². The average molecular weight is 362 g/mol. The number of sulfonamides is 1. The van der Waals surface area contributed by atoms with Gasteiger partial charge in [0, 0.05) is 24.7 Å². The van der Waals surface area contributed by atoms with E-state index in [1.165, 1.54) is 23.6 Å². The van der Waals surface area contributed by atoms with Gasteiger partial charge in [-0.15, -0.1) is 11.3 Å². The molecule has 2 rings (SSSR count). The molecule has 0 atom stereocenters. The lowest BCUT2D eigenvalue weighted by Crippen LogP contribution is -2.22. The lowest BCUT2D eigenvalue weighted by molar-refractivity contribution is 0.581. The van der Waals surface area contributed by atoms with Crippen molar-refractivity contribution in [1.82, 2.24) is 9.71 Å². The zero-order valence-electron chi connectivity index (χ0n) is 10.1. The summed E-state index contributed by atoms with van der Waals surface area (Å²) in [7, 11) is -1.80. The van der Waals surface area contributed by atoms with Crippen molar-refractivity contribution < 1.29 is 8.42 Å². The highest BCUT2D eigenvalue weighted by Crippen LogP contribution is 2.22. The van der Waals surface area contributed by atoms with Crippen molar-refractivity contribution in [3.05, 3.63) is 39.1 Å². The van der Waals surface area contributed by atoms with Crippen LogP contribution in [0.15, 0.2) is 39.1 Å². The SMILES string of the molecule is CNc1ccc(S(=O)(=O)NCc2ccc(Br)s2)cn1. The molecule has 0 fully saturated rings. The van der Waals surface area contributed by atoms with Crippen LogP contribution in [0.3, 0.4) is 0 Å². The highest BCUT2D eigenvalue weighted by Gasteiger charge is 2.14. The van der Waals surface area contributed by atoms with Crippen LogP contribution in [0, 0.1) is 0 Å². The first kappa shape index (κ1) is 14.4. The quantitative estimate of drug-likeness (QED) is 0.857. The monoisotopic (exact) mass is 361 g/mol. The number of nitrogens with one attached hydrogen (secondary N) is 2. The van der Waals surface area contributed by atoms with E-state index in [9.17, 15) is 8.42 Å². The number of anilines is 1. The van der Waals surface area contributed by atoms with Crippen LogP contribution in [0.1, 0.15) is 4.88 Å². The summed E-state index contributed by atoms with van der Waals surface area (Å²) >= 11 is 4.83. The fraction of sp³-hybridized carbons (Fsp3) is 0.182. The molecule has 102 valence electrons.